The highest BCUT2D eigenvalue weighted by Gasteiger charge is 2.30. The number of para-hydroxylation sites is 1. The lowest BCUT2D eigenvalue weighted by Gasteiger charge is -2.20. The van der Waals surface area contributed by atoms with Gasteiger partial charge in [0.15, 0.2) is 5.82 Å². The van der Waals surface area contributed by atoms with Gasteiger partial charge >= 0.3 is 6.36 Å². The Kier molecular flexibility index (Phi) is 7.83. The van der Waals surface area contributed by atoms with Gasteiger partial charge in [0.2, 0.25) is 5.91 Å². The molecule has 200 valence electrons. The Labute approximate surface area is 218 Å². The van der Waals surface area contributed by atoms with Gasteiger partial charge in [-0.15, -0.1) is 13.2 Å². The van der Waals surface area contributed by atoms with Gasteiger partial charge in [0, 0.05) is 16.6 Å². The number of fused-ring (bicyclic) bond motifs is 1. The van der Waals surface area contributed by atoms with Crippen molar-refractivity contribution in [3.8, 4) is 11.4 Å². The lowest BCUT2D eigenvalue weighted by atomic mass is 10.0. The molecule has 4 rings (SSSR count). The number of aromatic nitrogens is 3. The SMILES string of the molecule is Cc1cc(-n2cc(F)cn2)c2cccc(OCc3c(Cl)cc(F)cc3[C@H](C)NC(=O)COC(F)(F)F)c2n1. The van der Waals surface area contributed by atoms with Gasteiger partial charge in [0.05, 0.1) is 29.1 Å². The highest BCUT2D eigenvalue weighted by Crippen LogP contribution is 2.32. The number of halogens is 6. The summed E-state index contributed by atoms with van der Waals surface area (Å²) >= 11 is 6.28. The maximum Gasteiger partial charge on any atom is 0.523 e. The molecule has 13 heteroatoms. The first-order valence-electron chi connectivity index (χ1n) is 11.1. The number of carbonyl (C=O) groups is 1. The van der Waals surface area contributed by atoms with E-state index in [1.54, 1.807) is 31.2 Å². The van der Waals surface area contributed by atoms with Crippen LogP contribution in [-0.2, 0) is 16.1 Å². The van der Waals surface area contributed by atoms with Gasteiger partial charge in [-0.1, -0.05) is 23.7 Å². The van der Waals surface area contributed by atoms with Crippen LogP contribution < -0.4 is 10.1 Å². The van der Waals surface area contributed by atoms with E-state index in [0.29, 0.717) is 33.6 Å². The van der Waals surface area contributed by atoms with Gasteiger partial charge in [-0.3, -0.25) is 9.53 Å². The Balaban J connectivity index is 1.62. The van der Waals surface area contributed by atoms with Crippen molar-refractivity contribution in [2.75, 3.05) is 6.61 Å². The van der Waals surface area contributed by atoms with Crippen LogP contribution in [0.3, 0.4) is 0 Å². The zero-order valence-corrected chi connectivity index (χ0v) is 20.7. The summed E-state index contributed by atoms with van der Waals surface area (Å²) in [5.41, 5.74) is 2.13. The summed E-state index contributed by atoms with van der Waals surface area (Å²) in [7, 11) is 0. The number of pyridine rings is 1. The first kappa shape index (κ1) is 27.3. The molecule has 0 aliphatic carbocycles. The number of nitrogens with one attached hydrogen (secondary N) is 1. The van der Waals surface area contributed by atoms with Gasteiger partial charge in [-0.05, 0) is 43.7 Å². The largest absolute Gasteiger partial charge is 0.523 e. The second-order valence-corrected chi connectivity index (χ2v) is 8.71. The minimum absolute atomic E-state index is 0.00952. The molecule has 7 nitrogen and oxygen atoms in total. The number of nitrogens with zero attached hydrogens (tertiary/aromatic N) is 3. The third-order valence-corrected chi connectivity index (χ3v) is 5.82. The molecule has 38 heavy (non-hydrogen) atoms. The number of ether oxygens (including phenoxy) is 2. The van der Waals surface area contributed by atoms with E-state index in [4.69, 9.17) is 16.3 Å². The standard InChI is InChI=1S/C25H20ClF5N4O3/c1-13-6-21(35-10-16(28)9-32-35)17-4-3-5-22(24(17)33-13)37-11-19-18(7-15(27)8-20(19)26)14(2)34-23(36)12-38-25(29,30)31/h3-10,14H,11-12H2,1-2H3,(H,34,36)/t14-/m0/s1. The van der Waals surface area contributed by atoms with Crippen molar-refractivity contribution in [3.05, 3.63) is 82.3 Å². The summed E-state index contributed by atoms with van der Waals surface area (Å²) in [6, 6.07) is 8.09. The quantitative estimate of drug-likeness (QED) is 0.272. The van der Waals surface area contributed by atoms with E-state index in [9.17, 15) is 26.7 Å². The lowest BCUT2D eigenvalue weighted by molar-refractivity contribution is -0.321. The van der Waals surface area contributed by atoms with Crippen molar-refractivity contribution in [1.29, 1.82) is 0 Å². The maximum atomic E-state index is 14.2. The smallest absolute Gasteiger partial charge is 0.487 e. The zero-order chi connectivity index (χ0) is 27.6. The highest BCUT2D eigenvalue weighted by atomic mass is 35.5. The second-order valence-electron chi connectivity index (χ2n) is 8.31. The molecule has 0 spiro atoms. The van der Waals surface area contributed by atoms with E-state index in [1.807, 2.05) is 0 Å². The average Bonchev–Trinajstić information content (AvgIpc) is 3.27. The molecule has 0 fully saturated rings. The molecule has 0 aliphatic rings. The van der Waals surface area contributed by atoms with E-state index >= 15 is 0 Å². The monoisotopic (exact) mass is 554 g/mol. The van der Waals surface area contributed by atoms with E-state index in [-0.39, 0.29) is 17.2 Å². The van der Waals surface area contributed by atoms with Crippen LogP contribution in [-0.4, -0.2) is 33.6 Å². The second kappa shape index (κ2) is 10.9. The van der Waals surface area contributed by atoms with Crippen LogP contribution in [0.15, 0.2) is 48.8 Å². The summed E-state index contributed by atoms with van der Waals surface area (Å²) in [5, 5.41) is 6.95. The number of aryl methyl sites for hydroxylation is 1. The number of amides is 1. The van der Waals surface area contributed by atoms with Crippen molar-refractivity contribution >= 4 is 28.4 Å². The summed E-state index contributed by atoms with van der Waals surface area (Å²) < 4.78 is 75.5. The Morgan fingerprint density at radius 2 is 1.95 bits per heavy atom. The third kappa shape index (κ3) is 6.37. The van der Waals surface area contributed by atoms with E-state index in [1.165, 1.54) is 17.8 Å². The molecule has 0 aliphatic heterocycles. The van der Waals surface area contributed by atoms with E-state index in [0.717, 1.165) is 18.3 Å². The Morgan fingerprint density at radius 1 is 1.18 bits per heavy atom. The fourth-order valence-corrected chi connectivity index (χ4v) is 4.16. The first-order chi connectivity index (χ1) is 17.9. The first-order valence-corrected chi connectivity index (χ1v) is 11.5. The number of carbonyl (C=O) groups excluding carboxylic acids is 1. The molecule has 0 unspecified atom stereocenters. The van der Waals surface area contributed by atoms with Gasteiger partial charge < -0.3 is 10.1 Å². The topological polar surface area (TPSA) is 78.3 Å². The molecule has 4 aromatic rings. The molecule has 0 radical (unpaired) electrons. The van der Waals surface area contributed by atoms with Gasteiger partial charge in [0.1, 0.15) is 30.3 Å². The van der Waals surface area contributed by atoms with Crippen molar-refractivity contribution in [2.45, 2.75) is 32.9 Å². The number of alkyl halides is 3. The molecule has 1 atom stereocenters. The van der Waals surface area contributed by atoms with E-state index < -0.39 is 36.6 Å². The molecule has 2 heterocycles. The molecular weight excluding hydrogens is 535 g/mol. The third-order valence-electron chi connectivity index (χ3n) is 5.48. The molecule has 0 bridgehead atoms. The maximum absolute atomic E-state index is 14.2. The molecule has 1 amide bonds. The minimum Gasteiger partial charge on any atom is -0.487 e. The van der Waals surface area contributed by atoms with Crippen molar-refractivity contribution in [1.82, 2.24) is 20.1 Å². The van der Waals surface area contributed by atoms with Crippen LogP contribution >= 0.6 is 11.6 Å². The molecule has 0 saturated heterocycles. The summed E-state index contributed by atoms with van der Waals surface area (Å²) in [6.45, 7) is 1.76. The number of hydrogen-bond donors (Lipinski definition) is 1. The predicted molar refractivity (Wildman–Crippen MR) is 128 cm³/mol. The van der Waals surface area contributed by atoms with Crippen LogP contribution in [0.2, 0.25) is 5.02 Å². The predicted octanol–water partition coefficient (Wildman–Crippen LogP) is 5.95. The van der Waals surface area contributed by atoms with Crippen molar-refractivity contribution in [3.63, 3.8) is 0 Å². The fraction of sp³-hybridized carbons (Fsp3) is 0.240. The summed E-state index contributed by atoms with van der Waals surface area (Å²) in [4.78, 5) is 16.5. The van der Waals surface area contributed by atoms with E-state index in [2.05, 4.69) is 20.1 Å². The summed E-state index contributed by atoms with van der Waals surface area (Å²) in [5.74, 6) is -1.94. The Morgan fingerprint density at radius 3 is 2.63 bits per heavy atom. The highest BCUT2D eigenvalue weighted by molar-refractivity contribution is 6.31. The van der Waals surface area contributed by atoms with Crippen molar-refractivity contribution < 1.29 is 36.2 Å². The lowest BCUT2D eigenvalue weighted by Crippen LogP contribution is -2.33. The number of rotatable bonds is 8. The zero-order valence-electron chi connectivity index (χ0n) is 19.9. The summed E-state index contributed by atoms with van der Waals surface area (Å²) in [6.07, 6.45) is -2.67. The molecule has 2 aromatic heterocycles. The van der Waals surface area contributed by atoms with Crippen LogP contribution in [0.4, 0.5) is 22.0 Å². The molecule has 1 N–H and O–H groups in total. The Hall–Kier alpha value is -3.77. The Bertz CT molecular complexity index is 1490. The van der Waals surface area contributed by atoms with Crippen molar-refractivity contribution in [2.24, 2.45) is 0 Å². The normalized spacial score (nSPS) is 12.5. The van der Waals surface area contributed by atoms with Crippen LogP contribution in [0.5, 0.6) is 5.75 Å². The van der Waals surface area contributed by atoms with Gasteiger partial charge in [-0.25, -0.2) is 18.4 Å². The number of hydrogen-bond acceptors (Lipinski definition) is 5. The fourth-order valence-electron chi connectivity index (χ4n) is 3.89. The van der Waals surface area contributed by atoms with Crippen LogP contribution in [0.1, 0.15) is 29.8 Å². The van der Waals surface area contributed by atoms with Crippen LogP contribution in [0.25, 0.3) is 16.6 Å². The average molecular weight is 555 g/mol. The van der Waals surface area contributed by atoms with Crippen LogP contribution in [0, 0.1) is 18.6 Å². The molecule has 0 saturated carbocycles. The molecular formula is C25H20ClF5N4O3. The van der Waals surface area contributed by atoms with Gasteiger partial charge in [0.25, 0.3) is 0 Å². The number of benzene rings is 2. The minimum atomic E-state index is -4.97. The van der Waals surface area contributed by atoms with Gasteiger partial charge in [-0.2, -0.15) is 5.10 Å². The molecule has 2 aromatic carbocycles.